The van der Waals surface area contributed by atoms with Gasteiger partial charge in [0.1, 0.15) is 0 Å². The molecular weight excluding hydrogens is 299 g/mol. The number of hydrogen-bond donors (Lipinski definition) is 0. The van der Waals surface area contributed by atoms with Crippen molar-refractivity contribution in [1.29, 1.82) is 0 Å². The van der Waals surface area contributed by atoms with Crippen molar-refractivity contribution in [2.75, 3.05) is 0 Å². The molecule has 0 heterocycles. The number of unbranched alkanes of at least 4 members (excludes halogenated alkanes) is 1. The molecule has 1 atom stereocenters. The van der Waals surface area contributed by atoms with Gasteiger partial charge in [-0.05, 0) is 0 Å². The van der Waals surface area contributed by atoms with E-state index in [1.807, 2.05) is 0 Å². The maximum atomic E-state index is 2.51. The van der Waals surface area contributed by atoms with Gasteiger partial charge in [0.15, 0.2) is 0 Å². The van der Waals surface area contributed by atoms with Crippen molar-refractivity contribution < 1.29 is 0 Å². The predicted octanol–water partition coefficient (Wildman–Crippen LogP) is 5.39. The molecule has 0 aliphatic heterocycles. The molecule has 1 aliphatic rings. The average Bonchev–Trinajstić information content (AvgIpc) is 2.30. The van der Waals surface area contributed by atoms with Gasteiger partial charge in [-0.25, -0.2) is 0 Å². The summed E-state index contributed by atoms with van der Waals surface area (Å²) in [7, 11) is 0. The third-order valence-corrected chi connectivity index (χ3v) is 16.3. The summed E-state index contributed by atoms with van der Waals surface area (Å²) in [4.78, 5) is 0. The molecule has 0 aromatic carbocycles. The molecule has 1 heteroatoms. The molecule has 96 valence electrons. The van der Waals surface area contributed by atoms with Crippen LogP contribution in [0.25, 0.3) is 0 Å². The first-order chi connectivity index (χ1) is 7.74. The van der Waals surface area contributed by atoms with Crippen molar-refractivity contribution in [1.82, 2.24) is 0 Å². The van der Waals surface area contributed by atoms with Gasteiger partial charge in [-0.2, -0.15) is 0 Å². The molecule has 16 heavy (non-hydrogen) atoms. The first-order valence-corrected chi connectivity index (χ1v) is 14.3. The van der Waals surface area contributed by atoms with Crippen LogP contribution in [0.2, 0.25) is 12.8 Å². The molecule has 0 N–H and O–H groups in total. The second kappa shape index (κ2) is 8.83. The fourth-order valence-corrected chi connectivity index (χ4v) is 13.1. The molecule has 0 bridgehead atoms. The molecule has 1 unspecified atom stereocenters. The van der Waals surface area contributed by atoms with Crippen LogP contribution >= 0.6 is 0 Å². The molecular formula is C15H32Sn. The second-order valence-corrected chi connectivity index (χ2v) is 17.7. The molecule has 0 nitrogen and oxygen atoms in total. The van der Waals surface area contributed by atoms with E-state index in [4.69, 9.17) is 0 Å². The first-order valence-electron chi connectivity index (χ1n) is 7.74. The Labute approximate surface area is 110 Å². The van der Waals surface area contributed by atoms with E-state index < -0.39 is 19.8 Å². The molecule has 0 radical (unpaired) electrons. The van der Waals surface area contributed by atoms with Crippen molar-refractivity contribution in [2.24, 2.45) is 5.92 Å². The Morgan fingerprint density at radius 1 is 1.06 bits per heavy atom. The van der Waals surface area contributed by atoms with Crippen LogP contribution in [0.5, 0.6) is 0 Å². The average molecular weight is 331 g/mol. The fourth-order valence-electron chi connectivity index (χ4n) is 3.20. The van der Waals surface area contributed by atoms with Crippen molar-refractivity contribution >= 4 is 19.8 Å². The van der Waals surface area contributed by atoms with E-state index in [0.29, 0.717) is 0 Å². The summed E-state index contributed by atoms with van der Waals surface area (Å²) in [6.07, 6.45) is 12.3. The van der Waals surface area contributed by atoms with Crippen molar-refractivity contribution in [2.45, 2.75) is 84.9 Å². The zero-order chi connectivity index (χ0) is 11.8. The molecule has 1 rings (SSSR count). The molecule has 0 saturated heterocycles. The van der Waals surface area contributed by atoms with Gasteiger partial charge in [0.05, 0.1) is 0 Å². The molecule has 1 aliphatic carbocycles. The Hall–Kier alpha value is 0.799. The molecule has 0 amide bonds. The molecule has 1 saturated carbocycles. The van der Waals surface area contributed by atoms with Gasteiger partial charge in [0, 0.05) is 0 Å². The minimum absolute atomic E-state index is 1.11. The predicted molar refractivity (Wildman–Crippen MR) is 78.0 cm³/mol. The van der Waals surface area contributed by atoms with Gasteiger partial charge >= 0.3 is 111 Å². The van der Waals surface area contributed by atoms with Crippen LogP contribution in [0.1, 0.15) is 72.1 Å². The quantitative estimate of drug-likeness (QED) is 0.549. The van der Waals surface area contributed by atoms with Gasteiger partial charge in [-0.15, -0.1) is 0 Å². The van der Waals surface area contributed by atoms with E-state index in [9.17, 15) is 0 Å². The normalized spacial score (nSPS) is 20.2. The fraction of sp³-hybridized carbons (Fsp3) is 1.00. The van der Waals surface area contributed by atoms with E-state index in [-0.39, 0.29) is 0 Å². The van der Waals surface area contributed by atoms with Gasteiger partial charge < -0.3 is 0 Å². The van der Waals surface area contributed by atoms with E-state index in [2.05, 4.69) is 20.8 Å². The maximum absolute atomic E-state index is 2.51. The van der Waals surface area contributed by atoms with Crippen LogP contribution < -0.4 is 0 Å². The Balaban J connectivity index is 2.19. The van der Waals surface area contributed by atoms with Crippen LogP contribution in [-0.4, -0.2) is 19.8 Å². The van der Waals surface area contributed by atoms with Crippen LogP contribution in [0, 0.1) is 5.92 Å². The number of rotatable bonds is 7. The van der Waals surface area contributed by atoms with Crippen LogP contribution in [0.3, 0.4) is 0 Å². The summed E-state index contributed by atoms with van der Waals surface area (Å²) < 4.78 is 4.50. The molecule has 1 fully saturated rings. The third kappa shape index (κ3) is 5.93. The second-order valence-electron chi connectivity index (χ2n) is 6.23. The Morgan fingerprint density at radius 3 is 2.31 bits per heavy atom. The SMILES string of the molecule is CCC[CH2][SnH]([CH2]CC1CCCCC1)[CH](C)C. The Morgan fingerprint density at radius 2 is 1.75 bits per heavy atom. The molecule has 0 aromatic heterocycles. The van der Waals surface area contributed by atoms with Gasteiger partial charge in [-0.1, -0.05) is 0 Å². The van der Waals surface area contributed by atoms with Crippen molar-refractivity contribution in [3.05, 3.63) is 0 Å². The van der Waals surface area contributed by atoms with E-state index in [0.717, 1.165) is 9.85 Å². The van der Waals surface area contributed by atoms with Crippen molar-refractivity contribution in [3.8, 4) is 0 Å². The van der Waals surface area contributed by atoms with E-state index in [1.54, 1.807) is 28.1 Å². The van der Waals surface area contributed by atoms with Crippen LogP contribution in [0.15, 0.2) is 0 Å². The third-order valence-electron chi connectivity index (χ3n) is 4.54. The Bertz CT molecular complexity index is 159. The zero-order valence-electron chi connectivity index (χ0n) is 11.8. The summed E-state index contributed by atoms with van der Waals surface area (Å²) in [5.74, 6) is 1.13. The topological polar surface area (TPSA) is 0 Å². The summed E-state index contributed by atoms with van der Waals surface area (Å²) in [5.41, 5.74) is 0. The van der Waals surface area contributed by atoms with Crippen molar-refractivity contribution in [3.63, 3.8) is 0 Å². The monoisotopic (exact) mass is 332 g/mol. The summed E-state index contributed by atoms with van der Waals surface area (Å²) in [6, 6.07) is 0. The van der Waals surface area contributed by atoms with Gasteiger partial charge in [-0.3, -0.25) is 0 Å². The van der Waals surface area contributed by atoms with E-state index in [1.165, 1.54) is 32.1 Å². The van der Waals surface area contributed by atoms with Gasteiger partial charge in [0.25, 0.3) is 0 Å². The van der Waals surface area contributed by atoms with Crippen LogP contribution in [-0.2, 0) is 0 Å². The summed E-state index contributed by atoms with van der Waals surface area (Å²) in [6.45, 7) is 7.37. The first kappa shape index (κ1) is 14.9. The Kier molecular flexibility index (Phi) is 8.20. The summed E-state index contributed by atoms with van der Waals surface area (Å²) in [5, 5.41) is 0. The van der Waals surface area contributed by atoms with Gasteiger partial charge in [0.2, 0.25) is 0 Å². The zero-order valence-corrected chi connectivity index (χ0v) is 15.1. The standard InChI is InChI=1S/C8H15.C4H9.C3H7.Sn.H/c1-2-8-6-4-3-5-7-8;1-3-4-2;1-3-2;;/h8H,1-7H2;1,3-4H2,2H3;3H,1-2H3;;. The van der Waals surface area contributed by atoms with Crippen LogP contribution in [0.4, 0.5) is 0 Å². The minimum atomic E-state index is -1.11. The molecule has 0 spiro atoms. The molecule has 0 aromatic rings. The summed E-state index contributed by atoms with van der Waals surface area (Å²) >= 11 is -1.11. The van der Waals surface area contributed by atoms with E-state index >= 15 is 0 Å². The number of hydrogen-bond acceptors (Lipinski definition) is 0.